The van der Waals surface area contributed by atoms with Gasteiger partial charge in [0.2, 0.25) is 11.1 Å². The van der Waals surface area contributed by atoms with E-state index in [0.29, 0.717) is 11.8 Å². The smallest absolute Gasteiger partial charge is 0.266 e. The average molecular weight is 314 g/mol. The maximum atomic E-state index is 12.1. The molecule has 2 rings (SSSR count). The molecule has 0 unspecified atom stereocenters. The zero-order chi connectivity index (χ0) is 14.6. The lowest BCUT2D eigenvalue weighted by Crippen LogP contribution is -2.14. The van der Waals surface area contributed by atoms with Crippen LogP contribution >= 0.6 is 11.5 Å². The first-order valence-corrected chi connectivity index (χ1v) is 8.16. The molecular formula is C10H14N6O2S2. The molecule has 108 valence electrons. The summed E-state index contributed by atoms with van der Waals surface area (Å²) in [5.41, 5.74) is 0. The quantitative estimate of drug-likeness (QED) is 0.825. The molecule has 0 aliphatic rings. The molecule has 0 fully saturated rings. The summed E-state index contributed by atoms with van der Waals surface area (Å²) in [6, 6.07) is 0. The molecule has 2 N–H and O–H groups in total. The summed E-state index contributed by atoms with van der Waals surface area (Å²) >= 11 is 0.981. The van der Waals surface area contributed by atoms with Gasteiger partial charge in [0.1, 0.15) is 10.7 Å². The number of nitrogens with zero attached hydrogens (tertiary/aromatic N) is 4. The molecule has 0 saturated carbocycles. The first-order valence-electron chi connectivity index (χ1n) is 5.90. The second-order valence-corrected chi connectivity index (χ2v) is 6.36. The van der Waals surface area contributed by atoms with Crippen molar-refractivity contribution in [3.63, 3.8) is 0 Å². The number of sulfonamides is 1. The van der Waals surface area contributed by atoms with E-state index in [1.807, 2.05) is 6.92 Å². The molecule has 0 aliphatic carbocycles. The van der Waals surface area contributed by atoms with Gasteiger partial charge in [-0.05, 0) is 13.3 Å². The molecule has 0 spiro atoms. The number of nitrogens with one attached hydrogen (secondary N) is 2. The Morgan fingerprint density at radius 3 is 2.55 bits per heavy atom. The lowest BCUT2D eigenvalue weighted by atomic mass is 10.5. The number of aryl methyl sites for hydroxylation is 1. The Bertz CT molecular complexity index is 667. The van der Waals surface area contributed by atoms with Gasteiger partial charge in [0, 0.05) is 18.1 Å². The van der Waals surface area contributed by atoms with E-state index in [1.54, 1.807) is 6.92 Å². The summed E-state index contributed by atoms with van der Waals surface area (Å²) in [7, 11) is -3.73. The third kappa shape index (κ3) is 3.61. The molecular weight excluding hydrogens is 300 g/mol. The van der Waals surface area contributed by atoms with E-state index in [4.69, 9.17) is 0 Å². The van der Waals surface area contributed by atoms with Gasteiger partial charge in [0.15, 0.2) is 0 Å². The monoisotopic (exact) mass is 314 g/mol. The van der Waals surface area contributed by atoms with Crippen LogP contribution in [0.4, 0.5) is 11.1 Å². The molecule has 0 bridgehead atoms. The SMILES string of the molecule is CCCNc1ncc(S(=O)(=O)Nc2nc(C)ns2)cn1. The molecule has 0 radical (unpaired) electrons. The topological polar surface area (TPSA) is 110 Å². The summed E-state index contributed by atoms with van der Waals surface area (Å²) in [6.07, 6.45) is 3.43. The van der Waals surface area contributed by atoms with Gasteiger partial charge in [-0.3, -0.25) is 4.72 Å². The third-order valence-corrected chi connectivity index (χ3v) is 4.37. The zero-order valence-corrected chi connectivity index (χ0v) is 12.6. The van der Waals surface area contributed by atoms with Gasteiger partial charge in [-0.25, -0.2) is 23.4 Å². The molecule has 0 amide bonds. The largest absolute Gasteiger partial charge is 0.354 e. The van der Waals surface area contributed by atoms with Crippen LogP contribution in [0.3, 0.4) is 0 Å². The van der Waals surface area contributed by atoms with E-state index in [0.717, 1.165) is 24.5 Å². The highest BCUT2D eigenvalue weighted by atomic mass is 32.2. The number of rotatable bonds is 6. The highest BCUT2D eigenvalue weighted by molar-refractivity contribution is 7.92. The van der Waals surface area contributed by atoms with E-state index in [-0.39, 0.29) is 10.0 Å². The first kappa shape index (κ1) is 14.6. The number of anilines is 2. The molecule has 2 aromatic rings. The summed E-state index contributed by atoms with van der Waals surface area (Å²) in [4.78, 5) is 11.8. The van der Waals surface area contributed by atoms with Crippen molar-refractivity contribution >= 4 is 32.6 Å². The van der Waals surface area contributed by atoms with E-state index in [2.05, 4.69) is 29.4 Å². The van der Waals surface area contributed by atoms with E-state index < -0.39 is 10.0 Å². The number of aromatic nitrogens is 4. The van der Waals surface area contributed by atoms with Crippen LogP contribution in [0, 0.1) is 6.92 Å². The normalized spacial score (nSPS) is 11.3. The number of hydrogen-bond donors (Lipinski definition) is 2. The minimum atomic E-state index is -3.73. The van der Waals surface area contributed by atoms with Crippen LogP contribution in [0.25, 0.3) is 0 Å². The van der Waals surface area contributed by atoms with E-state index >= 15 is 0 Å². The van der Waals surface area contributed by atoms with Crippen LogP contribution in [0.1, 0.15) is 19.2 Å². The molecule has 0 aromatic carbocycles. The van der Waals surface area contributed by atoms with Gasteiger partial charge in [-0.2, -0.15) is 4.37 Å². The summed E-state index contributed by atoms with van der Waals surface area (Å²) in [6.45, 7) is 4.43. The van der Waals surface area contributed by atoms with Crippen LogP contribution in [0.15, 0.2) is 17.3 Å². The van der Waals surface area contributed by atoms with Crippen molar-refractivity contribution in [2.24, 2.45) is 0 Å². The van der Waals surface area contributed by atoms with Gasteiger partial charge < -0.3 is 5.32 Å². The Morgan fingerprint density at radius 2 is 2.00 bits per heavy atom. The lowest BCUT2D eigenvalue weighted by molar-refractivity contribution is 0.600. The van der Waals surface area contributed by atoms with Crippen LogP contribution in [-0.2, 0) is 10.0 Å². The maximum Gasteiger partial charge on any atom is 0.266 e. The third-order valence-electron chi connectivity index (χ3n) is 2.22. The zero-order valence-electron chi connectivity index (χ0n) is 11.0. The second-order valence-electron chi connectivity index (χ2n) is 3.92. The summed E-state index contributed by atoms with van der Waals surface area (Å²) < 4.78 is 30.4. The Morgan fingerprint density at radius 1 is 1.30 bits per heavy atom. The van der Waals surface area contributed by atoms with Crippen molar-refractivity contribution in [3.05, 3.63) is 18.2 Å². The standard InChI is InChI=1S/C10H14N6O2S2/c1-3-4-11-9-12-5-8(6-13-9)20(17,18)16-10-14-7(2)15-19-10/h5-6H,3-4H2,1-2H3,(H,11,12,13)(H,14,15,16). The van der Waals surface area contributed by atoms with Crippen molar-refractivity contribution < 1.29 is 8.42 Å². The van der Waals surface area contributed by atoms with Crippen LogP contribution in [0.2, 0.25) is 0 Å². The van der Waals surface area contributed by atoms with Gasteiger partial charge >= 0.3 is 0 Å². The predicted molar refractivity (Wildman–Crippen MR) is 76.3 cm³/mol. The molecule has 10 heteroatoms. The summed E-state index contributed by atoms with van der Waals surface area (Å²) in [5.74, 6) is 0.917. The van der Waals surface area contributed by atoms with E-state index in [1.165, 1.54) is 12.4 Å². The highest BCUT2D eigenvalue weighted by Crippen LogP contribution is 2.16. The fourth-order valence-electron chi connectivity index (χ4n) is 1.30. The fraction of sp³-hybridized carbons (Fsp3) is 0.400. The molecule has 20 heavy (non-hydrogen) atoms. The fourth-order valence-corrected chi connectivity index (χ4v) is 2.98. The lowest BCUT2D eigenvalue weighted by Gasteiger charge is -2.05. The number of hydrogen-bond acceptors (Lipinski definition) is 8. The highest BCUT2D eigenvalue weighted by Gasteiger charge is 2.17. The minimum Gasteiger partial charge on any atom is -0.354 e. The molecule has 0 atom stereocenters. The van der Waals surface area contributed by atoms with Crippen molar-refractivity contribution in [1.82, 2.24) is 19.3 Å². The minimum absolute atomic E-state index is 0.0209. The Balaban J connectivity index is 2.13. The van der Waals surface area contributed by atoms with Crippen LogP contribution in [0.5, 0.6) is 0 Å². The second kappa shape index (κ2) is 6.09. The van der Waals surface area contributed by atoms with Gasteiger partial charge in [-0.15, -0.1) is 0 Å². The van der Waals surface area contributed by atoms with Crippen molar-refractivity contribution in [3.8, 4) is 0 Å². The van der Waals surface area contributed by atoms with E-state index in [9.17, 15) is 8.42 Å². The van der Waals surface area contributed by atoms with Crippen molar-refractivity contribution in [2.45, 2.75) is 25.2 Å². The summed E-state index contributed by atoms with van der Waals surface area (Å²) in [5, 5.41) is 3.19. The Hall–Kier alpha value is -1.81. The van der Waals surface area contributed by atoms with Crippen LogP contribution in [-0.4, -0.2) is 34.3 Å². The predicted octanol–water partition coefficient (Wildman–Crippen LogP) is 1.26. The Kier molecular flexibility index (Phi) is 4.45. The van der Waals surface area contributed by atoms with Crippen LogP contribution < -0.4 is 10.0 Å². The maximum absolute atomic E-state index is 12.1. The van der Waals surface area contributed by atoms with Crippen molar-refractivity contribution in [1.29, 1.82) is 0 Å². The average Bonchev–Trinajstić information content (AvgIpc) is 2.81. The molecule has 8 nitrogen and oxygen atoms in total. The first-order chi connectivity index (χ1) is 9.51. The molecule has 2 aromatic heterocycles. The van der Waals surface area contributed by atoms with Gasteiger partial charge in [-0.1, -0.05) is 6.92 Å². The molecule has 2 heterocycles. The molecule has 0 aliphatic heterocycles. The van der Waals surface area contributed by atoms with Crippen molar-refractivity contribution in [2.75, 3.05) is 16.6 Å². The molecule has 0 saturated heterocycles. The Labute approximate surface area is 120 Å². The van der Waals surface area contributed by atoms with Gasteiger partial charge in [0.05, 0.1) is 12.4 Å². The van der Waals surface area contributed by atoms with Gasteiger partial charge in [0.25, 0.3) is 10.0 Å².